The lowest BCUT2D eigenvalue weighted by molar-refractivity contribution is 0.0179. The first kappa shape index (κ1) is 19.9. The fraction of sp³-hybridized carbons (Fsp3) is 0.538. The second-order valence-corrected chi connectivity index (χ2v) is 4.94. The molecule has 2 nitrogen and oxygen atoms in total. The normalized spacial score (nSPS) is 17.2. The van der Waals surface area contributed by atoms with Crippen molar-refractivity contribution in [1.82, 2.24) is 10.2 Å². The highest BCUT2D eigenvalue weighted by atomic mass is 35.5. The molecule has 0 spiro atoms. The maximum Gasteiger partial charge on any atom is 0.258 e. The molecule has 1 N–H and O–H groups in total. The van der Waals surface area contributed by atoms with Crippen molar-refractivity contribution in [3.05, 3.63) is 34.3 Å². The summed E-state index contributed by atoms with van der Waals surface area (Å²) in [5.74, 6) is 0. The van der Waals surface area contributed by atoms with Crippen LogP contribution in [0.15, 0.2) is 18.2 Å². The molecule has 1 aromatic rings. The van der Waals surface area contributed by atoms with Crippen molar-refractivity contribution in [2.45, 2.75) is 19.4 Å². The Balaban J connectivity index is 0.00000180. The van der Waals surface area contributed by atoms with Crippen LogP contribution in [-0.2, 0) is 0 Å². The lowest BCUT2D eigenvalue weighted by atomic mass is 9.99. The van der Waals surface area contributed by atoms with E-state index in [9.17, 15) is 8.78 Å². The Kier molecular flexibility index (Phi) is 8.95. The van der Waals surface area contributed by atoms with Crippen LogP contribution < -0.4 is 5.32 Å². The van der Waals surface area contributed by atoms with E-state index in [-0.39, 0.29) is 24.8 Å². The van der Waals surface area contributed by atoms with Gasteiger partial charge in [-0.2, -0.15) is 0 Å². The molecule has 0 saturated carbocycles. The monoisotopic (exact) mass is 346 g/mol. The highest BCUT2D eigenvalue weighted by molar-refractivity contribution is 6.31. The molecule has 0 unspecified atom stereocenters. The zero-order valence-corrected chi connectivity index (χ0v) is 13.5. The van der Waals surface area contributed by atoms with E-state index in [0.29, 0.717) is 23.7 Å². The summed E-state index contributed by atoms with van der Waals surface area (Å²) in [6.07, 6.45) is -2.43. The first-order chi connectivity index (χ1) is 8.61. The second-order valence-electron chi connectivity index (χ2n) is 4.54. The van der Waals surface area contributed by atoms with Crippen LogP contribution in [-0.4, -0.2) is 37.5 Å². The summed E-state index contributed by atoms with van der Waals surface area (Å²) in [4.78, 5) is 1.81. The third-order valence-corrected chi connectivity index (χ3v) is 3.68. The van der Waals surface area contributed by atoms with Gasteiger partial charge in [0.05, 0.1) is 6.04 Å². The Hall–Kier alpha value is -0.130. The van der Waals surface area contributed by atoms with Gasteiger partial charge in [-0.15, -0.1) is 24.8 Å². The van der Waals surface area contributed by atoms with Crippen LogP contribution in [0.25, 0.3) is 0 Å². The molecule has 20 heavy (non-hydrogen) atoms. The van der Waals surface area contributed by atoms with Gasteiger partial charge in [-0.05, 0) is 24.1 Å². The van der Waals surface area contributed by atoms with E-state index in [4.69, 9.17) is 11.6 Å². The van der Waals surface area contributed by atoms with Crippen molar-refractivity contribution in [1.29, 1.82) is 0 Å². The van der Waals surface area contributed by atoms with Crippen molar-refractivity contribution < 1.29 is 8.78 Å². The topological polar surface area (TPSA) is 15.3 Å². The summed E-state index contributed by atoms with van der Waals surface area (Å²) < 4.78 is 26.8. The number of hydrogen-bond donors (Lipinski definition) is 1. The van der Waals surface area contributed by atoms with E-state index in [2.05, 4.69) is 5.32 Å². The number of benzene rings is 1. The van der Waals surface area contributed by atoms with Crippen LogP contribution in [0.4, 0.5) is 8.78 Å². The Morgan fingerprint density at radius 2 is 1.80 bits per heavy atom. The fourth-order valence-corrected chi connectivity index (χ4v) is 2.78. The van der Waals surface area contributed by atoms with E-state index < -0.39 is 12.5 Å². The van der Waals surface area contributed by atoms with Crippen LogP contribution >= 0.6 is 36.4 Å². The molecule has 0 amide bonds. The molecular weight excluding hydrogens is 329 g/mol. The average Bonchev–Trinajstić information content (AvgIpc) is 2.34. The molecule has 2 rings (SSSR count). The highest BCUT2D eigenvalue weighted by Crippen LogP contribution is 2.34. The zero-order chi connectivity index (χ0) is 13.1. The minimum Gasteiger partial charge on any atom is -0.314 e. The van der Waals surface area contributed by atoms with Gasteiger partial charge in [0.25, 0.3) is 6.43 Å². The maximum atomic E-state index is 13.4. The molecule has 1 saturated heterocycles. The smallest absolute Gasteiger partial charge is 0.258 e. The maximum absolute atomic E-state index is 13.4. The van der Waals surface area contributed by atoms with Gasteiger partial charge in [0.1, 0.15) is 0 Å². The van der Waals surface area contributed by atoms with Gasteiger partial charge in [0, 0.05) is 31.2 Å². The van der Waals surface area contributed by atoms with Gasteiger partial charge in [-0.1, -0.05) is 23.7 Å². The predicted octanol–water partition coefficient (Wildman–Crippen LogP) is 3.70. The van der Waals surface area contributed by atoms with E-state index >= 15 is 0 Å². The minimum absolute atomic E-state index is 0. The molecule has 1 fully saturated rings. The van der Waals surface area contributed by atoms with Gasteiger partial charge in [0.15, 0.2) is 0 Å². The third kappa shape index (κ3) is 4.43. The summed E-state index contributed by atoms with van der Waals surface area (Å²) in [5, 5.41) is 3.60. The number of halogens is 5. The van der Waals surface area contributed by atoms with Gasteiger partial charge >= 0.3 is 0 Å². The van der Waals surface area contributed by atoms with E-state index in [0.717, 1.165) is 18.7 Å². The summed E-state index contributed by atoms with van der Waals surface area (Å²) in [5.41, 5.74) is 1.39. The molecule has 1 aromatic carbocycles. The largest absolute Gasteiger partial charge is 0.314 e. The highest BCUT2D eigenvalue weighted by Gasteiger charge is 2.32. The van der Waals surface area contributed by atoms with Crippen LogP contribution in [0, 0.1) is 6.92 Å². The Bertz CT molecular complexity index is 392. The van der Waals surface area contributed by atoms with Crippen LogP contribution in [0.1, 0.15) is 17.2 Å². The SMILES string of the molecule is Cc1cccc(Cl)c1[C@@H](C(F)F)N1CCNCC1.Cl.Cl. The summed E-state index contributed by atoms with van der Waals surface area (Å²) in [7, 11) is 0. The number of nitrogens with one attached hydrogen (secondary N) is 1. The first-order valence-corrected chi connectivity index (χ1v) is 6.47. The number of nitrogens with zero attached hydrogens (tertiary/aromatic N) is 1. The van der Waals surface area contributed by atoms with Gasteiger partial charge in [-0.25, -0.2) is 8.78 Å². The molecule has 1 aliphatic heterocycles. The van der Waals surface area contributed by atoms with Crippen molar-refractivity contribution in [2.75, 3.05) is 26.2 Å². The van der Waals surface area contributed by atoms with Crippen LogP contribution in [0.2, 0.25) is 5.02 Å². The molecule has 0 aromatic heterocycles. The quantitative estimate of drug-likeness (QED) is 0.897. The molecule has 116 valence electrons. The number of hydrogen-bond acceptors (Lipinski definition) is 2. The lowest BCUT2D eigenvalue weighted by Crippen LogP contribution is -2.47. The van der Waals surface area contributed by atoms with Crippen molar-refractivity contribution in [3.63, 3.8) is 0 Å². The average molecular weight is 348 g/mol. The molecule has 1 atom stereocenters. The number of alkyl halides is 2. The summed E-state index contributed by atoms with van der Waals surface area (Å²) in [6, 6.07) is 4.41. The van der Waals surface area contributed by atoms with Gasteiger partial charge < -0.3 is 5.32 Å². The lowest BCUT2D eigenvalue weighted by Gasteiger charge is -2.35. The molecule has 0 radical (unpaired) electrons. The number of aryl methyl sites for hydroxylation is 1. The molecule has 7 heteroatoms. The number of rotatable bonds is 3. The van der Waals surface area contributed by atoms with E-state index in [1.165, 1.54) is 0 Å². The van der Waals surface area contributed by atoms with E-state index in [1.54, 1.807) is 12.1 Å². The fourth-order valence-electron chi connectivity index (χ4n) is 2.45. The van der Waals surface area contributed by atoms with Crippen molar-refractivity contribution in [2.24, 2.45) is 0 Å². The second kappa shape index (κ2) is 9.00. The molecule has 1 heterocycles. The zero-order valence-electron chi connectivity index (χ0n) is 11.1. The standard InChI is InChI=1S/C13H17ClF2N2.2ClH/c1-9-3-2-4-10(14)11(9)12(13(15)16)18-7-5-17-6-8-18;;/h2-4,12-13,17H,5-8H2,1H3;2*1H/t12-;;/m0../s1. The molecule has 0 aliphatic carbocycles. The Labute approximate surface area is 135 Å². The summed E-state index contributed by atoms with van der Waals surface area (Å²) in [6.45, 7) is 4.57. The van der Waals surface area contributed by atoms with Crippen molar-refractivity contribution >= 4 is 36.4 Å². The molecule has 1 aliphatic rings. The molecule has 0 bridgehead atoms. The van der Waals surface area contributed by atoms with Crippen LogP contribution in [0.3, 0.4) is 0 Å². The summed E-state index contributed by atoms with van der Waals surface area (Å²) >= 11 is 6.11. The van der Waals surface area contributed by atoms with Gasteiger partial charge in [0.2, 0.25) is 0 Å². The van der Waals surface area contributed by atoms with Gasteiger partial charge in [-0.3, -0.25) is 4.90 Å². The first-order valence-electron chi connectivity index (χ1n) is 6.09. The Morgan fingerprint density at radius 3 is 2.30 bits per heavy atom. The van der Waals surface area contributed by atoms with Crippen LogP contribution in [0.5, 0.6) is 0 Å². The van der Waals surface area contributed by atoms with E-state index in [1.807, 2.05) is 17.9 Å². The third-order valence-electron chi connectivity index (χ3n) is 3.35. The van der Waals surface area contributed by atoms with Crippen molar-refractivity contribution in [3.8, 4) is 0 Å². The molecular formula is C13H19Cl3F2N2. The Morgan fingerprint density at radius 1 is 1.20 bits per heavy atom. The predicted molar refractivity (Wildman–Crippen MR) is 83.9 cm³/mol. The minimum atomic E-state index is -2.43. The number of piperazine rings is 1.